The summed E-state index contributed by atoms with van der Waals surface area (Å²) in [5.74, 6) is -0.247. The van der Waals surface area contributed by atoms with Crippen molar-refractivity contribution >= 4 is 31.9 Å². The molecule has 1 heterocycles. The summed E-state index contributed by atoms with van der Waals surface area (Å²) in [6.07, 6.45) is 3.83. The van der Waals surface area contributed by atoms with Crippen molar-refractivity contribution in [2.24, 2.45) is 5.73 Å². The molecule has 2 aromatic rings. The lowest BCUT2D eigenvalue weighted by molar-refractivity contribution is 0.592. The summed E-state index contributed by atoms with van der Waals surface area (Å²) >= 11 is 6.57. The summed E-state index contributed by atoms with van der Waals surface area (Å²) in [5.41, 5.74) is 7.55. The van der Waals surface area contributed by atoms with Crippen LogP contribution < -0.4 is 5.73 Å². The van der Waals surface area contributed by atoms with Crippen molar-refractivity contribution in [1.82, 2.24) is 4.98 Å². The fourth-order valence-electron chi connectivity index (χ4n) is 1.67. The van der Waals surface area contributed by atoms with Gasteiger partial charge in [-0.05, 0) is 51.7 Å². The second-order valence-electron chi connectivity index (χ2n) is 3.98. The summed E-state index contributed by atoms with van der Waals surface area (Å²) in [7, 11) is 0. The Balaban J connectivity index is 2.18. The van der Waals surface area contributed by atoms with Gasteiger partial charge >= 0.3 is 0 Å². The predicted molar refractivity (Wildman–Crippen MR) is 76.7 cm³/mol. The first-order valence-electron chi connectivity index (χ1n) is 5.36. The van der Waals surface area contributed by atoms with Crippen molar-refractivity contribution in [3.63, 3.8) is 0 Å². The van der Waals surface area contributed by atoms with Gasteiger partial charge in [0, 0.05) is 27.4 Å². The van der Waals surface area contributed by atoms with Crippen LogP contribution in [0.2, 0.25) is 0 Å². The zero-order chi connectivity index (χ0) is 13.1. The minimum atomic E-state index is -0.273. The quantitative estimate of drug-likeness (QED) is 0.883. The maximum Gasteiger partial charge on any atom is 0.127 e. The van der Waals surface area contributed by atoms with Gasteiger partial charge in [0.2, 0.25) is 0 Å². The first-order valence-corrected chi connectivity index (χ1v) is 6.95. The number of hydrogen-bond acceptors (Lipinski definition) is 2. The van der Waals surface area contributed by atoms with E-state index in [2.05, 4.69) is 36.8 Å². The van der Waals surface area contributed by atoms with E-state index in [0.717, 1.165) is 14.5 Å². The van der Waals surface area contributed by atoms with Gasteiger partial charge in [-0.25, -0.2) is 4.39 Å². The largest absolute Gasteiger partial charge is 0.324 e. The Labute approximate surface area is 122 Å². The molecule has 2 nitrogen and oxygen atoms in total. The molecule has 1 unspecified atom stereocenters. The lowest BCUT2D eigenvalue weighted by atomic mass is 10.0. The van der Waals surface area contributed by atoms with Gasteiger partial charge in [-0.2, -0.15) is 0 Å². The SMILES string of the molecule is NC(Cc1ccc(Br)cc1F)c1cncc(Br)c1. The number of benzene rings is 1. The smallest absolute Gasteiger partial charge is 0.127 e. The molecular formula is C13H11Br2FN2. The normalized spacial score (nSPS) is 12.4. The van der Waals surface area contributed by atoms with Crippen LogP contribution in [0.3, 0.4) is 0 Å². The summed E-state index contributed by atoms with van der Waals surface area (Å²) in [6.45, 7) is 0. The van der Waals surface area contributed by atoms with Crippen LogP contribution in [-0.4, -0.2) is 4.98 Å². The average Bonchev–Trinajstić information content (AvgIpc) is 2.32. The molecule has 0 saturated carbocycles. The Hall–Kier alpha value is -0.780. The maximum atomic E-state index is 13.7. The number of aromatic nitrogens is 1. The number of pyridine rings is 1. The van der Waals surface area contributed by atoms with Gasteiger partial charge in [0.15, 0.2) is 0 Å². The van der Waals surface area contributed by atoms with Gasteiger partial charge in [-0.3, -0.25) is 4.98 Å². The lowest BCUT2D eigenvalue weighted by Gasteiger charge is -2.12. The predicted octanol–water partition coefficient (Wildman–Crippen LogP) is 3.99. The molecule has 18 heavy (non-hydrogen) atoms. The maximum absolute atomic E-state index is 13.7. The topological polar surface area (TPSA) is 38.9 Å². The highest BCUT2D eigenvalue weighted by atomic mass is 79.9. The monoisotopic (exact) mass is 372 g/mol. The molecule has 0 fully saturated rings. The Bertz CT molecular complexity index is 560. The lowest BCUT2D eigenvalue weighted by Crippen LogP contribution is -2.14. The molecule has 94 valence electrons. The van der Waals surface area contributed by atoms with Crippen LogP contribution in [0.4, 0.5) is 4.39 Å². The highest BCUT2D eigenvalue weighted by molar-refractivity contribution is 9.10. The van der Waals surface area contributed by atoms with Gasteiger partial charge < -0.3 is 5.73 Å². The minimum absolute atomic E-state index is 0.247. The third kappa shape index (κ3) is 3.37. The third-order valence-electron chi connectivity index (χ3n) is 2.61. The van der Waals surface area contributed by atoms with Crippen molar-refractivity contribution in [3.8, 4) is 0 Å². The van der Waals surface area contributed by atoms with Crippen LogP contribution in [0.25, 0.3) is 0 Å². The fraction of sp³-hybridized carbons (Fsp3) is 0.154. The fourth-order valence-corrected chi connectivity index (χ4v) is 2.39. The molecule has 0 aliphatic rings. The minimum Gasteiger partial charge on any atom is -0.324 e. The summed E-state index contributed by atoms with van der Waals surface area (Å²) < 4.78 is 15.3. The number of hydrogen-bond donors (Lipinski definition) is 1. The van der Waals surface area contributed by atoms with E-state index in [9.17, 15) is 4.39 Å². The Morgan fingerprint density at radius 2 is 1.94 bits per heavy atom. The molecular weight excluding hydrogens is 363 g/mol. The van der Waals surface area contributed by atoms with Crippen molar-refractivity contribution < 1.29 is 4.39 Å². The highest BCUT2D eigenvalue weighted by Crippen LogP contribution is 2.22. The van der Waals surface area contributed by atoms with Gasteiger partial charge in [0.1, 0.15) is 5.82 Å². The van der Waals surface area contributed by atoms with E-state index in [0.29, 0.717) is 12.0 Å². The molecule has 0 saturated heterocycles. The summed E-state index contributed by atoms with van der Waals surface area (Å²) in [4.78, 5) is 4.06. The first kappa shape index (κ1) is 13.6. The van der Waals surface area contributed by atoms with Crippen LogP contribution in [0.15, 0.2) is 45.6 Å². The van der Waals surface area contributed by atoms with E-state index in [-0.39, 0.29) is 11.9 Å². The van der Waals surface area contributed by atoms with Gasteiger partial charge in [0.25, 0.3) is 0 Å². The number of halogens is 3. The average molecular weight is 374 g/mol. The van der Waals surface area contributed by atoms with Crippen molar-refractivity contribution in [2.75, 3.05) is 0 Å². The van der Waals surface area contributed by atoms with Crippen molar-refractivity contribution in [3.05, 3.63) is 62.5 Å². The molecule has 0 aliphatic heterocycles. The van der Waals surface area contributed by atoms with Gasteiger partial charge in [-0.15, -0.1) is 0 Å². The second kappa shape index (κ2) is 5.91. The second-order valence-corrected chi connectivity index (χ2v) is 5.81. The number of nitrogens with two attached hydrogens (primary N) is 1. The Morgan fingerprint density at radius 1 is 1.17 bits per heavy atom. The first-order chi connectivity index (χ1) is 8.56. The van der Waals surface area contributed by atoms with Crippen LogP contribution in [0.5, 0.6) is 0 Å². The summed E-state index contributed by atoms with van der Waals surface area (Å²) in [5, 5.41) is 0. The standard InChI is InChI=1S/C13H11Br2FN2/c14-10-2-1-8(12(16)5-10)4-13(17)9-3-11(15)7-18-6-9/h1-3,5-7,13H,4,17H2. The zero-order valence-corrected chi connectivity index (χ0v) is 12.6. The molecule has 0 radical (unpaired) electrons. The Kier molecular flexibility index (Phi) is 4.48. The molecule has 2 rings (SSSR count). The van der Waals surface area contributed by atoms with Crippen LogP contribution >= 0.6 is 31.9 Å². The van der Waals surface area contributed by atoms with Gasteiger partial charge in [0.05, 0.1) is 0 Å². The molecule has 0 bridgehead atoms. The van der Waals surface area contributed by atoms with Gasteiger partial charge in [-0.1, -0.05) is 22.0 Å². The molecule has 1 aromatic carbocycles. The summed E-state index contributed by atoms with van der Waals surface area (Å²) in [6, 6.07) is 6.62. The van der Waals surface area contributed by atoms with E-state index in [1.165, 1.54) is 6.07 Å². The van der Waals surface area contributed by atoms with E-state index in [4.69, 9.17) is 5.73 Å². The van der Waals surface area contributed by atoms with E-state index < -0.39 is 0 Å². The van der Waals surface area contributed by atoms with Crippen LogP contribution in [-0.2, 0) is 6.42 Å². The van der Waals surface area contributed by atoms with Crippen molar-refractivity contribution in [2.45, 2.75) is 12.5 Å². The highest BCUT2D eigenvalue weighted by Gasteiger charge is 2.11. The van der Waals surface area contributed by atoms with E-state index in [1.54, 1.807) is 18.5 Å². The van der Waals surface area contributed by atoms with Crippen LogP contribution in [0, 0.1) is 5.82 Å². The third-order valence-corrected chi connectivity index (χ3v) is 3.54. The van der Waals surface area contributed by atoms with E-state index >= 15 is 0 Å². The molecule has 0 aliphatic carbocycles. The molecule has 1 atom stereocenters. The van der Waals surface area contributed by atoms with E-state index in [1.807, 2.05) is 12.1 Å². The molecule has 5 heteroatoms. The molecule has 0 amide bonds. The Morgan fingerprint density at radius 3 is 2.61 bits per heavy atom. The number of nitrogens with zero attached hydrogens (tertiary/aromatic N) is 1. The van der Waals surface area contributed by atoms with Crippen LogP contribution in [0.1, 0.15) is 17.2 Å². The molecule has 0 spiro atoms. The molecule has 1 aromatic heterocycles. The number of rotatable bonds is 3. The zero-order valence-electron chi connectivity index (χ0n) is 9.41. The molecule has 2 N–H and O–H groups in total. The van der Waals surface area contributed by atoms with Crippen molar-refractivity contribution in [1.29, 1.82) is 0 Å².